The average Bonchev–Trinajstić information content (AvgIpc) is 2.84. The molecule has 0 unspecified atom stereocenters. The Morgan fingerprint density at radius 1 is 1.09 bits per heavy atom. The molecule has 7 heteroatoms. The van der Waals surface area contributed by atoms with Gasteiger partial charge in [0, 0.05) is 41.4 Å². The van der Waals surface area contributed by atoms with E-state index in [0.29, 0.717) is 42.3 Å². The molecule has 0 spiro atoms. The summed E-state index contributed by atoms with van der Waals surface area (Å²) in [4.78, 5) is 15.4. The first-order valence-corrected chi connectivity index (χ1v) is 11.5. The third-order valence-corrected chi connectivity index (χ3v) is 5.61. The van der Waals surface area contributed by atoms with Crippen LogP contribution in [0.3, 0.4) is 0 Å². The van der Waals surface area contributed by atoms with Gasteiger partial charge >= 0.3 is 0 Å². The lowest BCUT2D eigenvalue weighted by Gasteiger charge is -2.29. The first-order chi connectivity index (χ1) is 16.4. The molecule has 0 radical (unpaired) electrons. The molecule has 0 atom stereocenters. The number of anilines is 3. The van der Waals surface area contributed by atoms with Gasteiger partial charge in [-0.1, -0.05) is 30.7 Å². The summed E-state index contributed by atoms with van der Waals surface area (Å²) in [5.74, 6) is -0.576. The summed E-state index contributed by atoms with van der Waals surface area (Å²) in [6.07, 6.45) is 4.05. The van der Waals surface area contributed by atoms with Crippen LogP contribution < -0.4 is 21.3 Å². The topological polar surface area (TPSA) is 79.6 Å². The summed E-state index contributed by atoms with van der Waals surface area (Å²) in [7, 11) is 0. The maximum absolute atomic E-state index is 13.9. The van der Waals surface area contributed by atoms with E-state index in [1.807, 2.05) is 38.1 Å². The molecule has 34 heavy (non-hydrogen) atoms. The Labute approximate surface area is 201 Å². The summed E-state index contributed by atoms with van der Waals surface area (Å²) in [5, 5.41) is 6.00. The highest BCUT2D eigenvalue weighted by Gasteiger charge is 2.14. The molecule has 2 aromatic rings. The Balaban J connectivity index is 1.76. The van der Waals surface area contributed by atoms with Crippen LogP contribution in [0.2, 0.25) is 0 Å². The second-order valence-electron chi connectivity index (χ2n) is 8.23. The minimum absolute atomic E-state index is 0.227. The first-order valence-electron chi connectivity index (χ1n) is 11.5. The van der Waals surface area contributed by atoms with Crippen LogP contribution in [0.1, 0.15) is 27.2 Å². The zero-order valence-electron chi connectivity index (χ0n) is 20.0. The number of rotatable bonds is 8. The third-order valence-electron chi connectivity index (χ3n) is 5.61. The molecular formula is C27H33FN4O2. The van der Waals surface area contributed by atoms with Gasteiger partial charge in [-0.15, -0.1) is 0 Å². The molecule has 1 saturated heterocycles. The Bertz CT molecular complexity index is 1100. The van der Waals surface area contributed by atoms with Crippen molar-refractivity contribution in [1.82, 2.24) is 0 Å². The van der Waals surface area contributed by atoms with Gasteiger partial charge in [-0.2, -0.15) is 0 Å². The molecule has 1 amide bonds. The fourth-order valence-electron chi connectivity index (χ4n) is 3.64. The number of hydrogen-bond donors (Lipinski definition) is 3. The zero-order chi connectivity index (χ0) is 24.5. The summed E-state index contributed by atoms with van der Waals surface area (Å²) in [6.45, 7) is 8.74. The number of amides is 1. The molecule has 0 aromatic heterocycles. The van der Waals surface area contributed by atoms with Crippen molar-refractivity contribution in [3.63, 3.8) is 0 Å². The summed E-state index contributed by atoms with van der Waals surface area (Å²) < 4.78 is 19.3. The molecule has 1 aliphatic rings. The predicted octanol–water partition coefficient (Wildman–Crippen LogP) is 5.19. The Morgan fingerprint density at radius 2 is 1.82 bits per heavy atom. The van der Waals surface area contributed by atoms with E-state index < -0.39 is 0 Å². The summed E-state index contributed by atoms with van der Waals surface area (Å²) in [5.41, 5.74) is 10.8. The lowest BCUT2D eigenvalue weighted by atomic mass is 10.0. The number of para-hydroxylation sites is 1. The number of hydrogen-bond acceptors (Lipinski definition) is 5. The standard InChI is InChI=1S/C27H33FN4O2/c1-4-19(2)24(17-21(29)16-20(3)30-26-11-6-5-10-25(26)28)27(33)31-22-8-7-9-23(18-22)32-12-14-34-15-13-32/h5-11,16-18,30H,4,12-15,29H2,1-3H3,(H,31,33)/b20-16+,21-17+,24-19?. The van der Waals surface area contributed by atoms with Crippen LogP contribution in [0.4, 0.5) is 21.5 Å². The average molecular weight is 465 g/mol. The predicted molar refractivity (Wildman–Crippen MR) is 137 cm³/mol. The van der Waals surface area contributed by atoms with Gasteiger partial charge in [0.15, 0.2) is 0 Å². The maximum Gasteiger partial charge on any atom is 0.255 e. The quantitative estimate of drug-likeness (QED) is 0.370. The van der Waals surface area contributed by atoms with Crippen molar-refractivity contribution < 1.29 is 13.9 Å². The van der Waals surface area contributed by atoms with Gasteiger partial charge in [0.05, 0.1) is 18.9 Å². The molecule has 180 valence electrons. The lowest BCUT2D eigenvalue weighted by molar-refractivity contribution is -0.112. The maximum atomic E-state index is 13.9. The minimum Gasteiger partial charge on any atom is -0.399 e. The second-order valence-corrected chi connectivity index (χ2v) is 8.23. The number of benzene rings is 2. The molecule has 6 nitrogen and oxygen atoms in total. The van der Waals surface area contributed by atoms with Gasteiger partial charge in [0.2, 0.25) is 0 Å². The van der Waals surface area contributed by atoms with Crippen molar-refractivity contribution in [1.29, 1.82) is 0 Å². The molecule has 0 bridgehead atoms. The van der Waals surface area contributed by atoms with Gasteiger partial charge in [-0.3, -0.25) is 4.79 Å². The highest BCUT2D eigenvalue weighted by Crippen LogP contribution is 2.22. The van der Waals surface area contributed by atoms with Crippen LogP contribution in [0.25, 0.3) is 0 Å². The van der Waals surface area contributed by atoms with Gasteiger partial charge in [-0.25, -0.2) is 4.39 Å². The molecule has 1 heterocycles. The van der Waals surface area contributed by atoms with E-state index in [1.54, 1.807) is 37.3 Å². The smallest absolute Gasteiger partial charge is 0.255 e. The second kappa shape index (κ2) is 12.0. The van der Waals surface area contributed by atoms with Crippen LogP contribution in [0.5, 0.6) is 0 Å². The van der Waals surface area contributed by atoms with Crippen LogP contribution in [0, 0.1) is 5.82 Å². The van der Waals surface area contributed by atoms with Crippen molar-refractivity contribution >= 4 is 23.0 Å². The molecule has 3 rings (SSSR count). The number of allylic oxidation sites excluding steroid dienone is 3. The number of carbonyl (C=O) groups is 1. The van der Waals surface area contributed by atoms with Crippen molar-refractivity contribution in [2.24, 2.45) is 5.73 Å². The molecule has 4 N–H and O–H groups in total. The normalized spacial score (nSPS) is 15.6. The van der Waals surface area contributed by atoms with Gasteiger partial charge < -0.3 is 26.0 Å². The number of nitrogens with zero attached hydrogens (tertiary/aromatic N) is 1. The number of carbonyl (C=O) groups excluding carboxylic acids is 1. The van der Waals surface area contributed by atoms with E-state index in [-0.39, 0.29) is 11.7 Å². The fourth-order valence-corrected chi connectivity index (χ4v) is 3.64. The Hall–Kier alpha value is -3.58. The SMILES string of the molecule is CCC(C)=C(/C=C(N)\C=C(/C)Nc1ccccc1F)C(=O)Nc1cccc(N2CCOCC2)c1. The van der Waals surface area contributed by atoms with Gasteiger partial charge in [-0.05, 0) is 62.8 Å². The molecule has 1 fully saturated rings. The molecule has 2 aromatic carbocycles. The minimum atomic E-state index is -0.348. The molecule has 0 aliphatic carbocycles. The van der Waals surface area contributed by atoms with Crippen molar-refractivity contribution in [2.75, 3.05) is 41.8 Å². The highest BCUT2D eigenvalue weighted by atomic mass is 19.1. The highest BCUT2D eigenvalue weighted by molar-refractivity contribution is 6.06. The first kappa shape index (κ1) is 25.1. The van der Waals surface area contributed by atoms with Crippen LogP contribution in [-0.4, -0.2) is 32.2 Å². The van der Waals surface area contributed by atoms with Gasteiger partial charge in [0.1, 0.15) is 5.82 Å². The summed E-state index contributed by atoms with van der Waals surface area (Å²) >= 11 is 0. The van der Waals surface area contributed by atoms with Gasteiger partial charge in [0.25, 0.3) is 5.91 Å². The largest absolute Gasteiger partial charge is 0.399 e. The summed E-state index contributed by atoms with van der Waals surface area (Å²) in [6, 6.07) is 14.2. The van der Waals surface area contributed by atoms with Crippen molar-refractivity contribution in [3.05, 3.63) is 89.0 Å². The van der Waals surface area contributed by atoms with Crippen LogP contribution >= 0.6 is 0 Å². The van der Waals surface area contributed by atoms with E-state index >= 15 is 0 Å². The monoisotopic (exact) mass is 464 g/mol. The van der Waals surface area contributed by atoms with Crippen molar-refractivity contribution in [3.8, 4) is 0 Å². The van der Waals surface area contributed by atoms with Crippen molar-refractivity contribution in [2.45, 2.75) is 27.2 Å². The molecule has 0 saturated carbocycles. The van der Waals surface area contributed by atoms with E-state index in [4.69, 9.17) is 10.5 Å². The number of morpholine rings is 1. The lowest BCUT2D eigenvalue weighted by Crippen LogP contribution is -2.36. The zero-order valence-corrected chi connectivity index (χ0v) is 20.0. The Kier molecular flexibility index (Phi) is 8.87. The number of nitrogens with two attached hydrogens (primary N) is 1. The number of ether oxygens (including phenoxy) is 1. The number of halogens is 1. The fraction of sp³-hybridized carbons (Fsp3) is 0.296. The van der Waals surface area contributed by atoms with E-state index in [2.05, 4.69) is 15.5 Å². The van der Waals surface area contributed by atoms with Crippen LogP contribution in [-0.2, 0) is 9.53 Å². The van der Waals surface area contributed by atoms with E-state index in [9.17, 15) is 9.18 Å². The third kappa shape index (κ3) is 6.96. The molecule has 1 aliphatic heterocycles. The van der Waals surface area contributed by atoms with Crippen LogP contribution in [0.15, 0.2) is 83.2 Å². The Morgan fingerprint density at radius 3 is 2.53 bits per heavy atom. The molecular weight excluding hydrogens is 431 g/mol. The van der Waals surface area contributed by atoms with E-state index in [1.165, 1.54) is 6.07 Å². The van der Waals surface area contributed by atoms with E-state index in [0.717, 1.165) is 30.0 Å². The number of nitrogens with one attached hydrogen (secondary N) is 2.